The number of aryl methyl sites for hydroxylation is 1. The topological polar surface area (TPSA) is 94.0 Å². The van der Waals surface area contributed by atoms with Crippen LogP contribution in [0, 0.1) is 25.2 Å². The Labute approximate surface area is 80.0 Å². The predicted molar refractivity (Wildman–Crippen MR) is 47.2 cm³/mol. The standard InChI is InChI=1S/C9H8N2O3/c1-4-7(9(13)14)5(2)11-8(4)6(12)3-10/h11H,1-2H3,(H,13,14). The number of hydrogen-bond acceptors (Lipinski definition) is 3. The summed E-state index contributed by atoms with van der Waals surface area (Å²) in [5, 5.41) is 17.2. The van der Waals surface area contributed by atoms with Crippen LogP contribution in [0.2, 0.25) is 0 Å². The van der Waals surface area contributed by atoms with Gasteiger partial charge in [0, 0.05) is 5.69 Å². The summed E-state index contributed by atoms with van der Waals surface area (Å²) in [5.41, 5.74) is 0.807. The van der Waals surface area contributed by atoms with E-state index in [1.165, 1.54) is 13.0 Å². The van der Waals surface area contributed by atoms with Crippen LogP contribution in [0.3, 0.4) is 0 Å². The van der Waals surface area contributed by atoms with Crippen molar-refractivity contribution in [1.82, 2.24) is 4.98 Å². The lowest BCUT2D eigenvalue weighted by Crippen LogP contribution is -2.01. The van der Waals surface area contributed by atoms with Gasteiger partial charge in [0.1, 0.15) is 11.8 Å². The van der Waals surface area contributed by atoms with Crippen LogP contribution in [0.5, 0.6) is 0 Å². The van der Waals surface area contributed by atoms with E-state index in [1.54, 1.807) is 6.92 Å². The number of carbonyl (C=O) groups excluding carboxylic acids is 1. The summed E-state index contributed by atoms with van der Waals surface area (Å²) in [6.07, 6.45) is 0. The smallest absolute Gasteiger partial charge is 0.337 e. The van der Waals surface area contributed by atoms with Gasteiger partial charge < -0.3 is 10.1 Å². The van der Waals surface area contributed by atoms with Crippen molar-refractivity contribution in [3.8, 4) is 6.07 Å². The molecule has 0 spiro atoms. The molecule has 0 aliphatic heterocycles. The first-order valence-electron chi connectivity index (χ1n) is 3.86. The van der Waals surface area contributed by atoms with Gasteiger partial charge in [-0.3, -0.25) is 4.79 Å². The molecule has 0 aromatic carbocycles. The van der Waals surface area contributed by atoms with Crippen molar-refractivity contribution in [2.24, 2.45) is 0 Å². The molecule has 0 saturated carbocycles. The summed E-state index contributed by atoms with van der Waals surface area (Å²) >= 11 is 0. The molecule has 0 aliphatic rings. The normalized spacial score (nSPS) is 9.50. The summed E-state index contributed by atoms with van der Waals surface area (Å²) in [4.78, 5) is 24.4. The lowest BCUT2D eigenvalue weighted by Gasteiger charge is -1.93. The summed E-state index contributed by atoms with van der Waals surface area (Å²) in [5.74, 6) is -1.86. The van der Waals surface area contributed by atoms with Gasteiger partial charge in [0.15, 0.2) is 0 Å². The average molecular weight is 192 g/mol. The van der Waals surface area contributed by atoms with Crippen LogP contribution in [0.1, 0.15) is 32.1 Å². The van der Waals surface area contributed by atoms with Crippen LogP contribution in [0.15, 0.2) is 0 Å². The second-order valence-corrected chi connectivity index (χ2v) is 2.87. The fourth-order valence-electron chi connectivity index (χ4n) is 1.35. The number of nitrogens with one attached hydrogen (secondary N) is 1. The number of carboxylic acid groups (broad SMARTS) is 1. The van der Waals surface area contributed by atoms with E-state index in [2.05, 4.69) is 4.98 Å². The van der Waals surface area contributed by atoms with Crippen molar-refractivity contribution >= 4 is 11.8 Å². The van der Waals surface area contributed by atoms with E-state index in [4.69, 9.17) is 10.4 Å². The van der Waals surface area contributed by atoms with Crippen LogP contribution in [-0.4, -0.2) is 21.8 Å². The van der Waals surface area contributed by atoms with Crippen molar-refractivity contribution in [1.29, 1.82) is 5.26 Å². The molecule has 0 aliphatic carbocycles. The molecule has 5 nitrogen and oxygen atoms in total. The molecule has 0 bridgehead atoms. The zero-order valence-corrected chi connectivity index (χ0v) is 7.71. The number of nitriles is 1. The Morgan fingerprint density at radius 1 is 1.43 bits per heavy atom. The van der Waals surface area contributed by atoms with Crippen LogP contribution in [0.4, 0.5) is 0 Å². The van der Waals surface area contributed by atoms with Gasteiger partial charge in [0.05, 0.1) is 5.56 Å². The summed E-state index contributed by atoms with van der Waals surface area (Å²) < 4.78 is 0. The molecule has 0 fully saturated rings. The highest BCUT2D eigenvalue weighted by atomic mass is 16.4. The Morgan fingerprint density at radius 3 is 2.36 bits per heavy atom. The van der Waals surface area contributed by atoms with Gasteiger partial charge in [0.2, 0.25) is 0 Å². The Balaban J connectivity index is 3.40. The van der Waals surface area contributed by atoms with Gasteiger partial charge in [-0.1, -0.05) is 0 Å². The molecule has 0 radical (unpaired) electrons. The van der Waals surface area contributed by atoms with E-state index in [1.807, 2.05) is 0 Å². The summed E-state index contributed by atoms with van der Waals surface area (Å²) in [6, 6.07) is 1.44. The van der Waals surface area contributed by atoms with Gasteiger partial charge in [0.25, 0.3) is 5.78 Å². The SMILES string of the molecule is Cc1[nH]c(C(=O)C#N)c(C)c1C(=O)O. The first kappa shape index (κ1) is 9.99. The molecule has 14 heavy (non-hydrogen) atoms. The van der Waals surface area contributed by atoms with Crippen molar-refractivity contribution in [2.75, 3.05) is 0 Å². The van der Waals surface area contributed by atoms with E-state index in [-0.39, 0.29) is 11.3 Å². The summed E-state index contributed by atoms with van der Waals surface area (Å²) in [6.45, 7) is 3.04. The van der Waals surface area contributed by atoms with E-state index in [9.17, 15) is 9.59 Å². The zero-order valence-electron chi connectivity index (χ0n) is 7.71. The van der Waals surface area contributed by atoms with Crippen LogP contribution < -0.4 is 0 Å². The number of aromatic amines is 1. The lowest BCUT2D eigenvalue weighted by molar-refractivity contribution is 0.0695. The molecule has 0 amide bonds. The maximum Gasteiger partial charge on any atom is 0.337 e. The van der Waals surface area contributed by atoms with Crippen molar-refractivity contribution in [3.63, 3.8) is 0 Å². The van der Waals surface area contributed by atoms with E-state index < -0.39 is 11.8 Å². The van der Waals surface area contributed by atoms with E-state index in [0.717, 1.165) is 0 Å². The number of Topliss-reactive ketones (excluding diaryl/α,β-unsaturated/α-hetero) is 1. The fourth-order valence-corrected chi connectivity index (χ4v) is 1.35. The van der Waals surface area contributed by atoms with Crippen LogP contribution >= 0.6 is 0 Å². The summed E-state index contributed by atoms with van der Waals surface area (Å²) in [7, 11) is 0. The number of carbonyl (C=O) groups is 2. The third kappa shape index (κ3) is 1.38. The third-order valence-electron chi connectivity index (χ3n) is 1.98. The highest BCUT2D eigenvalue weighted by Gasteiger charge is 2.20. The first-order valence-corrected chi connectivity index (χ1v) is 3.86. The van der Waals surface area contributed by atoms with Gasteiger partial charge in [-0.15, -0.1) is 0 Å². The Hall–Kier alpha value is -2.09. The molecular weight excluding hydrogens is 184 g/mol. The Kier molecular flexibility index (Phi) is 2.38. The number of aromatic nitrogens is 1. The largest absolute Gasteiger partial charge is 0.478 e. The third-order valence-corrected chi connectivity index (χ3v) is 1.98. The quantitative estimate of drug-likeness (QED) is 0.540. The molecule has 1 rings (SSSR count). The molecule has 0 atom stereocenters. The average Bonchev–Trinajstić information content (AvgIpc) is 2.40. The maximum atomic E-state index is 11.0. The number of H-pyrrole nitrogens is 1. The van der Waals surface area contributed by atoms with Crippen molar-refractivity contribution in [3.05, 3.63) is 22.5 Å². The minimum absolute atomic E-state index is 0.0578. The first-order chi connectivity index (χ1) is 6.49. The second-order valence-electron chi connectivity index (χ2n) is 2.87. The highest BCUT2D eigenvalue weighted by Crippen LogP contribution is 2.17. The van der Waals surface area contributed by atoms with E-state index >= 15 is 0 Å². The van der Waals surface area contributed by atoms with Gasteiger partial charge in [-0.25, -0.2) is 4.79 Å². The molecular formula is C9H8N2O3. The molecule has 1 aromatic heterocycles. The maximum absolute atomic E-state index is 11.0. The van der Waals surface area contributed by atoms with Crippen LogP contribution in [-0.2, 0) is 0 Å². The minimum atomic E-state index is -1.10. The van der Waals surface area contributed by atoms with E-state index in [0.29, 0.717) is 11.3 Å². The molecule has 5 heteroatoms. The number of aromatic carboxylic acids is 1. The molecule has 2 N–H and O–H groups in total. The van der Waals surface area contributed by atoms with Crippen molar-refractivity contribution in [2.45, 2.75) is 13.8 Å². The number of nitrogens with zero attached hydrogens (tertiary/aromatic N) is 1. The van der Waals surface area contributed by atoms with Gasteiger partial charge >= 0.3 is 5.97 Å². The predicted octanol–water partition coefficient (Wildman–Crippen LogP) is 1.04. The van der Waals surface area contributed by atoms with Gasteiger partial charge in [-0.05, 0) is 19.4 Å². The number of hydrogen-bond donors (Lipinski definition) is 2. The highest BCUT2D eigenvalue weighted by molar-refractivity contribution is 6.09. The zero-order chi connectivity index (χ0) is 10.9. The Bertz CT molecular complexity index is 451. The fraction of sp³-hybridized carbons (Fsp3) is 0.222. The number of rotatable bonds is 2. The number of carboxylic acids is 1. The monoisotopic (exact) mass is 192 g/mol. The molecule has 1 heterocycles. The van der Waals surface area contributed by atoms with Gasteiger partial charge in [-0.2, -0.15) is 5.26 Å². The van der Waals surface area contributed by atoms with Crippen LogP contribution in [0.25, 0.3) is 0 Å². The molecule has 1 aromatic rings. The minimum Gasteiger partial charge on any atom is -0.478 e. The Morgan fingerprint density at radius 2 is 2.00 bits per heavy atom. The second kappa shape index (κ2) is 3.34. The molecule has 0 unspecified atom stereocenters. The molecule has 72 valence electrons. The van der Waals surface area contributed by atoms with Crippen molar-refractivity contribution < 1.29 is 14.7 Å². The molecule has 0 saturated heterocycles. The lowest BCUT2D eigenvalue weighted by atomic mass is 10.1. The number of ketones is 1.